The zero-order valence-electron chi connectivity index (χ0n) is 18.9. The Hall–Kier alpha value is 0.910. The molecule has 0 fully saturated rings. The van der Waals surface area contributed by atoms with Gasteiger partial charge in [-0.25, -0.2) is 0 Å². The summed E-state index contributed by atoms with van der Waals surface area (Å²) >= 11 is -5.15. The van der Waals surface area contributed by atoms with Crippen molar-refractivity contribution in [3.8, 4) is 0 Å². The molecule has 1 aliphatic carbocycles. The molecule has 0 aliphatic heterocycles. The molecular formula is C19H42Cl2NO2SiZr. The molecular weight excluding hydrogens is 464 g/mol. The minimum atomic E-state index is -5.15. The molecule has 0 aromatic carbocycles. The Morgan fingerprint density at radius 3 is 1.69 bits per heavy atom. The molecule has 0 saturated heterocycles. The molecule has 1 aliphatic rings. The maximum absolute atomic E-state index is 7.06. The van der Waals surface area contributed by atoms with Crippen molar-refractivity contribution in [3.05, 3.63) is 20.0 Å². The standard InChI is InChI=1S/C9H13.C4H10N.C3H9OSi.CH3O.CH3.CH2.2ClH.Zr/c1-6-5-7(2)9(4)8(6)3;1-4(2,3)5;1-5(2,3)4;1-2;;;;;/h6H,1-4H3;5H,1-3H3;1-3H3;1H3;1H3;1H2;2*1H;/q;3*-1;;;;;+3. The fourth-order valence-electron chi connectivity index (χ4n) is 5.02. The van der Waals surface area contributed by atoms with E-state index in [0.29, 0.717) is 0 Å². The normalized spacial score (nSPS) is 21.8. The first-order chi connectivity index (χ1) is 10.3. The van der Waals surface area contributed by atoms with Crippen molar-refractivity contribution < 1.29 is 23.3 Å². The number of hydrogen-bond acceptors (Lipinski definition) is 3. The van der Waals surface area contributed by atoms with Crippen LogP contribution in [0.2, 0.25) is 24.3 Å². The molecule has 7 heteroatoms. The molecule has 157 valence electrons. The second kappa shape index (κ2) is 7.63. The molecule has 0 aromatic heterocycles. The first-order valence-corrected chi connectivity index (χ1v) is 21.1. The molecule has 1 unspecified atom stereocenters. The summed E-state index contributed by atoms with van der Waals surface area (Å²) < 4.78 is 25.8. The molecule has 3 nitrogen and oxygen atoms in total. The maximum atomic E-state index is 7.06. The number of hydrogen-bond donors (Lipinski definition) is 1. The number of halogens is 2. The Kier molecular flexibility index (Phi) is 8.54. The number of nitrogens with one attached hydrogen (secondary N) is 1. The summed E-state index contributed by atoms with van der Waals surface area (Å²) in [4.78, 5) is 0. The monoisotopic (exact) mass is 504 g/mol. The number of allylic oxidation sites excluding steroid dienone is 4. The predicted octanol–water partition coefficient (Wildman–Crippen LogP) is 6.43. The van der Waals surface area contributed by atoms with Gasteiger partial charge in [0, 0.05) is 0 Å². The van der Waals surface area contributed by atoms with Crippen molar-refractivity contribution in [3.63, 3.8) is 0 Å². The van der Waals surface area contributed by atoms with Crippen LogP contribution in [-0.4, -0.2) is 25.2 Å². The van der Waals surface area contributed by atoms with E-state index in [-0.39, 0.29) is 36.3 Å². The summed E-state index contributed by atoms with van der Waals surface area (Å²) in [5.41, 5.74) is 3.89. The first-order valence-electron chi connectivity index (χ1n) is 9.03. The fraction of sp³-hybridized carbons (Fsp3) is 0.737. The van der Waals surface area contributed by atoms with Gasteiger partial charge in [-0.05, 0) is 0 Å². The number of rotatable bonds is 5. The van der Waals surface area contributed by atoms with Gasteiger partial charge in [0.05, 0.1) is 0 Å². The van der Waals surface area contributed by atoms with Crippen molar-refractivity contribution in [2.45, 2.75) is 78.3 Å². The SMILES string of the molecule is Cl.Cl.[CH2]=[Zr]([CH3])([NH]C(C)(C)C)([O]C)([O][Si](C)(C)C)[C]1=C(C)C(C)=C(C)C1C. The van der Waals surface area contributed by atoms with E-state index in [2.05, 4.69) is 76.0 Å². The third-order valence-corrected chi connectivity index (χ3v) is 28.7. The molecule has 1 rings (SSSR count). The predicted molar refractivity (Wildman–Crippen MR) is 122 cm³/mol. The van der Waals surface area contributed by atoms with E-state index in [1.54, 1.807) is 7.11 Å². The van der Waals surface area contributed by atoms with E-state index in [1.807, 2.05) is 0 Å². The van der Waals surface area contributed by atoms with Gasteiger partial charge in [0.2, 0.25) is 0 Å². The van der Waals surface area contributed by atoms with E-state index >= 15 is 0 Å². The third-order valence-electron chi connectivity index (χ3n) is 5.47. The minimum absolute atomic E-state index is 0. The van der Waals surface area contributed by atoms with Crippen LogP contribution in [0.5, 0.6) is 0 Å². The molecule has 0 saturated carbocycles. The molecule has 1 N–H and O–H groups in total. The second-order valence-corrected chi connectivity index (χ2v) is 31.7. The van der Waals surface area contributed by atoms with Crippen LogP contribution in [0.1, 0.15) is 48.5 Å². The van der Waals surface area contributed by atoms with Crippen LogP contribution < -0.4 is 3.26 Å². The van der Waals surface area contributed by atoms with E-state index in [9.17, 15) is 0 Å². The van der Waals surface area contributed by atoms with Crippen LogP contribution in [0.3, 0.4) is 0 Å². The Morgan fingerprint density at radius 2 is 1.46 bits per heavy atom. The quantitative estimate of drug-likeness (QED) is 0.436. The zero-order chi connectivity index (χ0) is 19.4. The molecule has 26 heavy (non-hydrogen) atoms. The van der Waals surface area contributed by atoms with Crippen molar-refractivity contribution in [2.24, 2.45) is 5.92 Å². The molecule has 0 aromatic rings. The third kappa shape index (κ3) is 5.28. The summed E-state index contributed by atoms with van der Waals surface area (Å²) in [6, 6.07) is 0. The second-order valence-electron chi connectivity index (χ2n) is 10.4. The van der Waals surface area contributed by atoms with Crippen LogP contribution in [0.4, 0.5) is 0 Å². The fourth-order valence-corrected chi connectivity index (χ4v) is 36.7. The van der Waals surface area contributed by atoms with Crippen molar-refractivity contribution in [1.29, 1.82) is 0 Å². The average Bonchev–Trinajstić information content (AvgIpc) is 2.49. The Bertz CT molecular complexity index is 692. The van der Waals surface area contributed by atoms with E-state index in [0.717, 1.165) is 0 Å². The molecule has 0 amide bonds. The van der Waals surface area contributed by atoms with Gasteiger partial charge >= 0.3 is 150 Å². The van der Waals surface area contributed by atoms with Crippen LogP contribution in [-0.2, 0) is 23.3 Å². The Balaban J connectivity index is 0. The summed E-state index contributed by atoms with van der Waals surface area (Å²) in [6.07, 6.45) is 0. The van der Waals surface area contributed by atoms with Crippen LogP contribution in [0, 0.1) is 5.92 Å². The van der Waals surface area contributed by atoms with Gasteiger partial charge in [-0.3, -0.25) is 0 Å². The van der Waals surface area contributed by atoms with Gasteiger partial charge in [-0.2, -0.15) is 0 Å². The summed E-state index contributed by atoms with van der Waals surface area (Å²) in [5, 5.41) is 0. The topological polar surface area (TPSA) is 30.5 Å². The van der Waals surface area contributed by atoms with Crippen LogP contribution in [0.25, 0.3) is 0 Å². The van der Waals surface area contributed by atoms with Crippen molar-refractivity contribution >= 4 is 37.3 Å². The Morgan fingerprint density at radius 1 is 1.04 bits per heavy atom. The molecule has 0 radical (unpaired) electrons. The zero-order valence-corrected chi connectivity index (χ0v) is 24.0. The van der Waals surface area contributed by atoms with E-state index < -0.39 is 26.3 Å². The summed E-state index contributed by atoms with van der Waals surface area (Å²) in [6.45, 7) is 22.1. The van der Waals surface area contributed by atoms with E-state index in [1.165, 1.54) is 20.0 Å². The molecule has 0 bridgehead atoms. The van der Waals surface area contributed by atoms with Gasteiger partial charge in [0.25, 0.3) is 0 Å². The molecule has 0 spiro atoms. The molecule has 1 atom stereocenters. The van der Waals surface area contributed by atoms with Gasteiger partial charge in [-0.15, -0.1) is 24.8 Å². The summed E-state index contributed by atoms with van der Waals surface area (Å²) in [7, 11) is -0.151. The van der Waals surface area contributed by atoms with Gasteiger partial charge < -0.3 is 0 Å². The van der Waals surface area contributed by atoms with Crippen LogP contribution >= 0.6 is 24.8 Å². The average molecular weight is 507 g/mol. The van der Waals surface area contributed by atoms with Gasteiger partial charge in [0.15, 0.2) is 0 Å². The first kappa shape index (κ1) is 29.1. The summed E-state index contributed by atoms with van der Waals surface area (Å²) in [5.74, 6) is 0.288. The Labute approximate surface area is 174 Å². The van der Waals surface area contributed by atoms with E-state index in [4.69, 9.17) is 9.53 Å². The van der Waals surface area contributed by atoms with Gasteiger partial charge in [-0.1, -0.05) is 0 Å². The molecule has 0 heterocycles. The van der Waals surface area contributed by atoms with Crippen molar-refractivity contribution in [1.82, 2.24) is 3.26 Å². The van der Waals surface area contributed by atoms with Crippen molar-refractivity contribution in [2.75, 3.05) is 7.11 Å². The van der Waals surface area contributed by atoms with Gasteiger partial charge in [0.1, 0.15) is 0 Å². The van der Waals surface area contributed by atoms with Crippen LogP contribution in [0.15, 0.2) is 20.0 Å².